The van der Waals surface area contributed by atoms with Crippen molar-refractivity contribution in [2.45, 2.75) is 19.4 Å². The highest BCUT2D eigenvalue weighted by Crippen LogP contribution is 2.22. The number of aryl methyl sites for hydroxylation is 1. The number of nitrogens with one attached hydrogen (secondary N) is 2. The Hall–Kier alpha value is -3.11. The second kappa shape index (κ2) is 9.20. The molecule has 2 amide bonds. The van der Waals surface area contributed by atoms with Crippen LogP contribution in [-0.4, -0.2) is 11.8 Å². The molecule has 28 heavy (non-hydrogen) atoms. The fourth-order valence-electron chi connectivity index (χ4n) is 2.88. The first-order valence-electron chi connectivity index (χ1n) is 9.00. The third-order valence-corrected chi connectivity index (χ3v) is 4.64. The Kier molecular flexibility index (Phi) is 6.45. The molecular weight excluding hydrogens is 372 g/mol. The lowest BCUT2D eigenvalue weighted by molar-refractivity contribution is -0.116. The molecule has 0 saturated carbocycles. The lowest BCUT2D eigenvalue weighted by atomic mass is 10.0. The number of amides is 2. The molecule has 142 valence electrons. The predicted octanol–water partition coefficient (Wildman–Crippen LogP) is 5.15. The number of carbonyl (C=O) groups is 2. The van der Waals surface area contributed by atoms with Crippen molar-refractivity contribution in [3.05, 3.63) is 101 Å². The minimum Gasteiger partial charge on any atom is -0.345 e. The van der Waals surface area contributed by atoms with E-state index in [1.807, 2.05) is 49.4 Å². The van der Waals surface area contributed by atoms with E-state index >= 15 is 0 Å². The van der Waals surface area contributed by atoms with Crippen LogP contribution in [0.5, 0.6) is 0 Å². The molecule has 0 fully saturated rings. The van der Waals surface area contributed by atoms with Crippen molar-refractivity contribution in [3.63, 3.8) is 0 Å². The molecule has 1 atom stereocenters. The zero-order valence-corrected chi connectivity index (χ0v) is 16.2. The quantitative estimate of drug-likeness (QED) is 0.609. The molecule has 0 heterocycles. The number of hydrogen-bond acceptors (Lipinski definition) is 2. The lowest BCUT2D eigenvalue weighted by Gasteiger charge is -2.19. The maximum atomic E-state index is 12.7. The van der Waals surface area contributed by atoms with E-state index in [2.05, 4.69) is 10.6 Å². The first-order valence-corrected chi connectivity index (χ1v) is 9.37. The van der Waals surface area contributed by atoms with Crippen LogP contribution in [0.1, 0.15) is 33.9 Å². The molecule has 0 aliphatic carbocycles. The highest BCUT2D eigenvalue weighted by molar-refractivity contribution is 6.31. The van der Waals surface area contributed by atoms with Gasteiger partial charge in [-0.05, 0) is 42.3 Å². The van der Waals surface area contributed by atoms with Crippen molar-refractivity contribution in [2.75, 3.05) is 5.32 Å². The lowest BCUT2D eigenvalue weighted by Crippen LogP contribution is -2.31. The van der Waals surface area contributed by atoms with E-state index in [4.69, 9.17) is 11.6 Å². The Bertz CT molecular complexity index is 959. The van der Waals surface area contributed by atoms with Gasteiger partial charge in [-0.2, -0.15) is 0 Å². The SMILES string of the molecule is Cc1ccc(Cl)cc1NC(=O)C[C@H](NC(=O)c1ccccc1)c1ccccc1. The van der Waals surface area contributed by atoms with Gasteiger partial charge in [-0.3, -0.25) is 9.59 Å². The van der Waals surface area contributed by atoms with E-state index in [0.717, 1.165) is 11.1 Å². The molecule has 3 aromatic carbocycles. The summed E-state index contributed by atoms with van der Waals surface area (Å²) in [5.74, 6) is -0.422. The van der Waals surface area contributed by atoms with E-state index < -0.39 is 6.04 Å². The molecule has 3 aromatic rings. The summed E-state index contributed by atoms with van der Waals surface area (Å²) >= 11 is 6.03. The zero-order chi connectivity index (χ0) is 19.9. The fourth-order valence-corrected chi connectivity index (χ4v) is 3.06. The van der Waals surface area contributed by atoms with Crippen LogP contribution in [0.3, 0.4) is 0 Å². The molecule has 0 spiro atoms. The molecule has 0 saturated heterocycles. The summed E-state index contributed by atoms with van der Waals surface area (Å²) in [6, 6.07) is 23.3. The highest BCUT2D eigenvalue weighted by Gasteiger charge is 2.19. The number of rotatable bonds is 6. The molecule has 2 N–H and O–H groups in total. The fraction of sp³-hybridized carbons (Fsp3) is 0.130. The van der Waals surface area contributed by atoms with Gasteiger partial charge < -0.3 is 10.6 Å². The summed E-state index contributed by atoms with van der Waals surface area (Å²) in [6.45, 7) is 1.90. The Labute approximate surface area is 169 Å². The van der Waals surface area contributed by atoms with Crippen LogP contribution in [0.2, 0.25) is 5.02 Å². The second-order valence-corrected chi connectivity index (χ2v) is 6.95. The minimum absolute atomic E-state index is 0.106. The highest BCUT2D eigenvalue weighted by atomic mass is 35.5. The van der Waals surface area contributed by atoms with Crippen molar-refractivity contribution in [2.24, 2.45) is 0 Å². The monoisotopic (exact) mass is 392 g/mol. The maximum Gasteiger partial charge on any atom is 0.251 e. The van der Waals surface area contributed by atoms with Gasteiger partial charge in [-0.1, -0.05) is 66.2 Å². The molecule has 3 rings (SSSR count). The second-order valence-electron chi connectivity index (χ2n) is 6.51. The van der Waals surface area contributed by atoms with Crippen LogP contribution >= 0.6 is 11.6 Å². The molecule has 0 aliphatic rings. The Balaban J connectivity index is 1.76. The van der Waals surface area contributed by atoms with Gasteiger partial charge >= 0.3 is 0 Å². The smallest absolute Gasteiger partial charge is 0.251 e. The van der Waals surface area contributed by atoms with Crippen LogP contribution < -0.4 is 10.6 Å². The number of benzene rings is 3. The van der Waals surface area contributed by atoms with Crippen molar-refractivity contribution < 1.29 is 9.59 Å². The summed E-state index contributed by atoms with van der Waals surface area (Å²) in [6.07, 6.45) is 0.106. The Morgan fingerprint density at radius 1 is 0.929 bits per heavy atom. The molecule has 0 bridgehead atoms. The summed E-state index contributed by atoms with van der Waals surface area (Å²) in [7, 11) is 0. The first kappa shape index (κ1) is 19.6. The molecule has 5 heteroatoms. The van der Waals surface area contributed by atoms with Crippen molar-refractivity contribution in [3.8, 4) is 0 Å². The summed E-state index contributed by atoms with van der Waals surface area (Å²) in [4.78, 5) is 25.3. The zero-order valence-electron chi connectivity index (χ0n) is 15.5. The summed E-state index contributed by atoms with van der Waals surface area (Å²) < 4.78 is 0. The van der Waals surface area contributed by atoms with Gasteiger partial charge in [0.15, 0.2) is 0 Å². The van der Waals surface area contributed by atoms with Crippen LogP contribution in [0, 0.1) is 6.92 Å². The summed E-state index contributed by atoms with van der Waals surface area (Å²) in [5, 5.41) is 6.41. The van der Waals surface area contributed by atoms with E-state index in [1.54, 1.807) is 36.4 Å². The van der Waals surface area contributed by atoms with Gasteiger partial charge in [-0.15, -0.1) is 0 Å². The molecule has 0 aromatic heterocycles. The van der Waals surface area contributed by atoms with Gasteiger partial charge in [0.05, 0.1) is 12.5 Å². The van der Waals surface area contributed by atoms with E-state index in [1.165, 1.54) is 0 Å². The van der Waals surface area contributed by atoms with Crippen LogP contribution in [-0.2, 0) is 4.79 Å². The Morgan fingerprint density at radius 2 is 1.57 bits per heavy atom. The average Bonchev–Trinajstić information content (AvgIpc) is 2.71. The van der Waals surface area contributed by atoms with Gasteiger partial charge in [0.25, 0.3) is 5.91 Å². The number of carbonyl (C=O) groups excluding carboxylic acids is 2. The molecule has 0 unspecified atom stereocenters. The van der Waals surface area contributed by atoms with Crippen LogP contribution in [0.15, 0.2) is 78.9 Å². The number of anilines is 1. The van der Waals surface area contributed by atoms with E-state index in [-0.39, 0.29) is 18.2 Å². The maximum absolute atomic E-state index is 12.7. The first-order chi connectivity index (χ1) is 13.5. The minimum atomic E-state index is -0.451. The normalized spacial score (nSPS) is 11.5. The standard InChI is InChI=1S/C23H21ClN2O2/c1-16-12-13-19(24)14-20(16)25-22(27)15-21(17-8-4-2-5-9-17)26-23(28)18-10-6-3-7-11-18/h2-14,21H,15H2,1H3,(H,25,27)(H,26,28)/t21-/m0/s1. The average molecular weight is 393 g/mol. The van der Waals surface area contributed by atoms with Crippen molar-refractivity contribution >= 4 is 29.1 Å². The van der Waals surface area contributed by atoms with E-state index in [0.29, 0.717) is 16.3 Å². The summed E-state index contributed by atoms with van der Waals surface area (Å²) in [5.41, 5.74) is 3.00. The van der Waals surface area contributed by atoms with Crippen molar-refractivity contribution in [1.82, 2.24) is 5.32 Å². The van der Waals surface area contributed by atoms with Gasteiger partial charge in [0.2, 0.25) is 5.91 Å². The van der Waals surface area contributed by atoms with Crippen LogP contribution in [0.25, 0.3) is 0 Å². The number of hydrogen-bond donors (Lipinski definition) is 2. The Morgan fingerprint density at radius 3 is 2.25 bits per heavy atom. The van der Waals surface area contributed by atoms with Gasteiger partial charge in [0, 0.05) is 16.3 Å². The molecular formula is C23H21ClN2O2. The third kappa shape index (κ3) is 5.21. The largest absolute Gasteiger partial charge is 0.345 e. The molecule has 0 aliphatic heterocycles. The topological polar surface area (TPSA) is 58.2 Å². The van der Waals surface area contributed by atoms with Crippen LogP contribution in [0.4, 0.5) is 5.69 Å². The van der Waals surface area contributed by atoms with Gasteiger partial charge in [-0.25, -0.2) is 0 Å². The molecule has 0 radical (unpaired) electrons. The van der Waals surface area contributed by atoms with E-state index in [9.17, 15) is 9.59 Å². The predicted molar refractivity (Wildman–Crippen MR) is 113 cm³/mol. The van der Waals surface area contributed by atoms with Gasteiger partial charge in [0.1, 0.15) is 0 Å². The number of halogens is 1. The van der Waals surface area contributed by atoms with Crippen molar-refractivity contribution in [1.29, 1.82) is 0 Å². The molecule has 4 nitrogen and oxygen atoms in total. The third-order valence-electron chi connectivity index (χ3n) is 4.41.